The van der Waals surface area contributed by atoms with Crippen LogP contribution in [0.5, 0.6) is 0 Å². The van der Waals surface area contributed by atoms with Crippen LogP contribution in [0.3, 0.4) is 0 Å². The number of hydrazone groups is 1. The van der Waals surface area contributed by atoms with Crippen molar-refractivity contribution in [2.75, 3.05) is 22.6 Å². The Bertz CT molecular complexity index is 1850. The normalized spacial score (nSPS) is 19.0. The number of alkyl halides is 3. The van der Waals surface area contributed by atoms with Crippen molar-refractivity contribution in [2.45, 2.75) is 37.6 Å². The molecule has 2 atom stereocenters. The van der Waals surface area contributed by atoms with E-state index < -0.39 is 17.6 Å². The zero-order chi connectivity index (χ0) is 30.7. The van der Waals surface area contributed by atoms with Crippen molar-refractivity contribution in [3.8, 4) is 0 Å². The van der Waals surface area contributed by atoms with Gasteiger partial charge < -0.3 is 15.2 Å². The molecule has 0 radical (unpaired) electrons. The first-order valence-corrected chi connectivity index (χ1v) is 13.9. The summed E-state index contributed by atoms with van der Waals surface area (Å²) in [5.74, 6) is 0.398. The number of amides is 2. The number of halogens is 3. The van der Waals surface area contributed by atoms with Gasteiger partial charge in [0.05, 0.1) is 30.5 Å². The molecule has 0 bridgehead atoms. The SMILES string of the molecule is CN1N=CC(c2nncn2C)C1c1cc(NCc2ccc3c(c2)CC(=O)N3)nc(N2Cc3c(cccc3C(F)(F)F)C2=O)c1. The first kappa shape index (κ1) is 27.6. The first-order valence-electron chi connectivity index (χ1n) is 13.9. The molecule has 14 heteroatoms. The average Bonchev–Trinajstić information content (AvgIpc) is 3.75. The van der Waals surface area contributed by atoms with Crippen LogP contribution in [-0.4, -0.2) is 49.8 Å². The van der Waals surface area contributed by atoms with Crippen molar-refractivity contribution >= 4 is 35.4 Å². The van der Waals surface area contributed by atoms with E-state index in [2.05, 4.69) is 25.9 Å². The molecule has 224 valence electrons. The van der Waals surface area contributed by atoms with E-state index in [4.69, 9.17) is 4.98 Å². The molecule has 5 heterocycles. The van der Waals surface area contributed by atoms with Gasteiger partial charge in [0.15, 0.2) is 0 Å². The maximum absolute atomic E-state index is 13.8. The highest BCUT2D eigenvalue weighted by molar-refractivity contribution is 6.10. The van der Waals surface area contributed by atoms with Gasteiger partial charge in [-0.2, -0.15) is 18.3 Å². The number of carbonyl (C=O) groups excluding carboxylic acids is 2. The minimum Gasteiger partial charge on any atom is -0.366 e. The number of nitrogens with one attached hydrogen (secondary N) is 2. The number of hydrogen-bond acceptors (Lipinski definition) is 8. The Morgan fingerprint density at radius 2 is 1.93 bits per heavy atom. The number of aromatic nitrogens is 4. The van der Waals surface area contributed by atoms with E-state index >= 15 is 0 Å². The van der Waals surface area contributed by atoms with Gasteiger partial charge >= 0.3 is 6.18 Å². The summed E-state index contributed by atoms with van der Waals surface area (Å²) in [6.07, 6.45) is -0.932. The summed E-state index contributed by atoms with van der Waals surface area (Å²) in [7, 11) is 3.65. The Hall–Kier alpha value is -5.27. The summed E-state index contributed by atoms with van der Waals surface area (Å²) >= 11 is 0. The number of fused-ring (bicyclic) bond motifs is 2. The van der Waals surface area contributed by atoms with Gasteiger partial charge in [-0.1, -0.05) is 18.2 Å². The van der Waals surface area contributed by atoms with Gasteiger partial charge in [0.1, 0.15) is 23.8 Å². The van der Waals surface area contributed by atoms with E-state index in [1.54, 1.807) is 28.2 Å². The molecular weight excluding hydrogens is 575 g/mol. The van der Waals surface area contributed by atoms with E-state index in [1.165, 1.54) is 17.0 Å². The molecule has 44 heavy (non-hydrogen) atoms. The van der Waals surface area contributed by atoms with Gasteiger partial charge in [-0.05, 0) is 52.6 Å². The van der Waals surface area contributed by atoms with Gasteiger partial charge in [0, 0.05) is 38.1 Å². The van der Waals surface area contributed by atoms with E-state index in [0.717, 1.165) is 28.4 Å². The number of anilines is 3. The molecule has 0 saturated heterocycles. The standard InChI is InChI=1S/C30H26F3N9O2/c1-40-15-35-39-28(40)20-13-36-41(2)27(20)18-9-24(34-12-16-6-7-23-17(8-16)11-26(43)37-23)38-25(10-18)42-14-21-19(29(42)44)4-3-5-22(21)30(31,32)33/h3-10,13,15,20,27H,11-12,14H2,1-2H3,(H,34,38)(H,37,43). The first-order chi connectivity index (χ1) is 21.1. The van der Waals surface area contributed by atoms with Gasteiger partial charge in [0.25, 0.3) is 5.91 Å². The summed E-state index contributed by atoms with van der Waals surface area (Å²) in [4.78, 5) is 31.3. The number of hydrogen-bond donors (Lipinski definition) is 2. The van der Waals surface area contributed by atoms with Crippen LogP contribution in [0.15, 0.2) is 60.0 Å². The summed E-state index contributed by atoms with van der Waals surface area (Å²) in [5, 5.41) is 20.7. The number of benzene rings is 2. The molecule has 2 aromatic carbocycles. The summed E-state index contributed by atoms with van der Waals surface area (Å²) in [5.41, 5.74) is 2.41. The Kier molecular flexibility index (Phi) is 6.37. The fourth-order valence-electron chi connectivity index (χ4n) is 6.09. The van der Waals surface area contributed by atoms with Crippen LogP contribution in [0.1, 0.15) is 56.0 Å². The second-order valence-corrected chi connectivity index (χ2v) is 11.0. The molecule has 3 aliphatic rings. The molecule has 11 nitrogen and oxygen atoms in total. The molecular formula is C30H26F3N9O2. The zero-order valence-electron chi connectivity index (χ0n) is 23.6. The van der Waals surface area contributed by atoms with Crippen molar-refractivity contribution in [1.82, 2.24) is 24.8 Å². The second kappa shape index (κ2) is 10.2. The third-order valence-electron chi connectivity index (χ3n) is 8.19. The van der Waals surface area contributed by atoms with Gasteiger partial charge in [-0.25, -0.2) is 4.98 Å². The lowest BCUT2D eigenvalue weighted by molar-refractivity contribution is -0.138. The number of rotatable bonds is 6. The molecule has 2 N–H and O–H groups in total. The summed E-state index contributed by atoms with van der Waals surface area (Å²) in [6.45, 7) is 0.0861. The molecule has 3 aliphatic heterocycles. The highest BCUT2D eigenvalue weighted by Crippen LogP contribution is 2.42. The van der Waals surface area contributed by atoms with Crippen molar-refractivity contribution in [2.24, 2.45) is 12.1 Å². The second-order valence-electron chi connectivity index (χ2n) is 11.0. The van der Waals surface area contributed by atoms with Crippen LogP contribution >= 0.6 is 0 Å². The summed E-state index contributed by atoms with van der Waals surface area (Å²) < 4.78 is 43.3. The largest absolute Gasteiger partial charge is 0.416 e. The Morgan fingerprint density at radius 3 is 2.70 bits per heavy atom. The van der Waals surface area contributed by atoms with Gasteiger partial charge in [-0.3, -0.25) is 19.5 Å². The minimum absolute atomic E-state index is 0.00103. The smallest absolute Gasteiger partial charge is 0.366 e. The minimum atomic E-state index is -4.60. The van der Waals surface area contributed by atoms with Crippen LogP contribution in [0.2, 0.25) is 0 Å². The Morgan fingerprint density at radius 1 is 1.09 bits per heavy atom. The van der Waals surface area contributed by atoms with E-state index in [0.29, 0.717) is 24.6 Å². The maximum atomic E-state index is 13.8. The van der Waals surface area contributed by atoms with Crippen LogP contribution in [-0.2, 0) is 37.5 Å². The highest BCUT2D eigenvalue weighted by Gasteiger charge is 2.41. The van der Waals surface area contributed by atoms with Gasteiger partial charge in [0.2, 0.25) is 5.91 Å². The molecule has 0 spiro atoms. The topological polar surface area (TPSA) is 121 Å². The number of pyridine rings is 1. The fraction of sp³-hybridized carbons (Fsp3) is 0.267. The highest BCUT2D eigenvalue weighted by atomic mass is 19.4. The van der Waals surface area contributed by atoms with E-state index in [1.807, 2.05) is 38.4 Å². The van der Waals surface area contributed by atoms with Crippen LogP contribution < -0.4 is 15.5 Å². The van der Waals surface area contributed by atoms with Crippen molar-refractivity contribution in [3.05, 3.63) is 94.1 Å². The van der Waals surface area contributed by atoms with E-state index in [-0.39, 0.29) is 41.4 Å². The Balaban J connectivity index is 1.26. The molecule has 2 amide bonds. The molecule has 0 aliphatic carbocycles. The lowest BCUT2D eigenvalue weighted by Crippen LogP contribution is -2.26. The fourth-order valence-corrected chi connectivity index (χ4v) is 6.09. The molecule has 2 unspecified atom stereocenters. The lowest BCUT2D eigenvalue weighted by Gasteiger charge is -2.26. The zero-order valence-corrected chi connectivity index (χ0v) is 23.6. The molecule has 7 rings (SSSR count). The quantitative estimate of drug-likeness (QED) is 0.339. The van der Waals surface area contributed by atoms with Crippen molar-refractivity contribution in [3.63, 3.8) is 0 Å². The summed E-state index contributed by atoms with van der Waals surface area (Å²) in [6, 6.07) is 12.5. The van der Waals surface area contributed by atoms with Crippen LogP contribution in [0.4, 0.5) is 30.5 Å². The third-order valence-corrected chi connectivity index (χ3v) is 8.19. The molecule has 4 aromatic rings. The van der Waals surface area contributed by atoms with Crippen molar-refractivity contribution in [1.29, 1.82) is 0 Å². The maximum Gasteiger partial charge on any atom is 0.416 e. The predicted molar refractivity (Wildman–Crippen MR) is 155 cm³/mol. The molecule has 2 aromatic heterocycles. The number of carbonyl (C=O) groups is 2. The van der Waals surface area contributed by atoms with Crippen molar-refractivity contribution < 1.29 is 22.8 Å². The molecule has 0 fully saturated rings. The lowest BCUT2D eigenvalue weighted by atomic mass is 9.94. The third kappa shape index (κ3) is 4.71. The van der Waals surface area contributed by atoms with E-state index in [9.17, 15) is 22.8 Å². The van der Waals surface area contributed by atoms with Crippen LogP contribution in [0.25, 0.3) is 0 Å². The number of aryl methyl sites for hydroxylation is 1. The molecule has 0 saturated carbocycles. The van der Waals surface area contributed by atoms with Gasteiger partial charge in [-0.15, -0.1) is 10.2 Å². The number of likely N-dealkylation sites (N-methyl/N-ethyl adjacent to an activating group) is 1. The Labute approximate surface area is 249 Å². The number of nitrogens with zero attached hydrogens (tertiary/aromatic N) is 7. The van der Waals surface area contributed by atoms with Crippen LogP contribution in [0, 0.1) is 0 Å². The monoisotopic (exact) mass is 601 g/mol. The predicted octanol–water partition coefficient (Wildman–Crippen LogP) is 4.25. The average molecular weight is 602 g/mol.